The van der Waals surface area contributed by atoms with Gasteiger partial charge in [-0.1, -0.05) is 54.6 Å². The minimum atomic E-state index is -0.137. The van der Waals surface area contributed by atoms with Crippen molar-refractivity contribution in [3.8, 4) is 0 Å². The van der Waals surface area contributed by atoms with Crippen molar-refractivity contribution in [2.75, 3.05) is 10.6 Å². The van der Waals surface area contributed by atoms with Crippen molar-refractivity contribution in [2.24, 2.45) is 0 Å². The molecule has 0 radical (unpaired) electrons. The van der Waals surface area contributed by atoms with Crippen molar-refractivity contribution >= 4 is 17.3 Å². The topological polar surface area (TPSA) is 61.4 Å². The molecule has 0 atom stereocenters. The van der Waals surface area contributed by atoms with E-state index in [1.807, 2.05) is 66.7 Å². The van der Waals surface area contributed by atoms with E-state index in [4.69, 9.17) is 5.11 Å². The number of rotatable bonds is 6. The molecule has 0 aromatic heterocycles. The zero-order valence-electron chi connectivity index (χ0n) is 13.8. The molecule has 0 fully saturated rings. The molecular formula is C21H20N2O2. The maximum absolute atomic E-state index is 12.3. The van der Waals surface area contributed by atoms with Crippen LogP contribution in [-0.2, 0) is 13.2 Å². The third-order valence-corrected chi connectivity index (χ3v) is 3.90. The maximum Gasteiger partial charge on any atom is 0.255 e. The molecule has 4 heteroatoms. The third-order valence-electron chi connectivity index (χ3n) is 3.90. The average Bonchev–Trinajstić information content (AvgIpc) is 2.68. The molecule has 1 amide bonds. The summed E-state index contributed by atoms with van der Waals surface area (Å²) < 4.78 is 0. The summed E-state index contributed by atoms with van der Waals surface area (Å²) in [5.74, 6) is -0.137. The van der Waals surface area contributed by atoms with Crippen molar-refractivity contribution in [2.45, 2.75) is 13.2 Å². The van der Waals surface area contributed by atoms with E-state index in [9.17, 15) is 4.79 Å². The summed E-state index contributed by atoms with van der Waals surface area (Å²) >= 11 is 0. The van der Waals surface area contributed by atoms with Crippen LogP contribution >= 0.6 is 0 Å². The molecule has 0 aliphatic rings. The molecule has 0 heterocycles. The van der Waals surface area contributed by atoms with Crippen LogP contribution in [0.3, 0.4) is 0 Å². The first-order chi connectivity index (χ1) is 12.3. The van der Waals surface area contributed by atoms with Crippen molar-refractivity contribution < 1.29 is 9.90 Å². The van der Waals surface area contributed by atoms with E-state index < -0.39 is 0 Å². The zero-order valence-corrected chi connectivity index (χ0v) is 13.8. The maximum atomic E-state index is 12.3. The molecule has 0 aliphatic carbocycles. The van der Waals surface area contributed by atoms with Crippen LogP contribution in [0.15, 0.2) is 78.9 Å². The van der Waals surface area contributed by atoms with Crippen LogP contribution in [-0.4, -0.2) is 11.0 Å². The Morgan fingerprint density at radius 3 is 2.04 bits per heavy atom. The number of benzene rings is 3. The number of hydrogen-bond donors (Lipinski definition) is 3. The first-order valence-electron chi connectivity index (χ1n) is 8.14. The largest absolute Gasteiger partial charge is 0.392 e. The monoisotopic (exact) mass is 332 g/mol. The van der Waals surface area contributed by atoms with Gasteiger partial charge in [0.1, 0.15) is 0 Å². The summed E-state index contributed by atoms with van der Waals surface area (Å²) in [6, 6.07) is 24.5. The van der Waals surface area contributed by atoms with Crippen molar-refractivity contribution in [3.63, 3.8) is 0 Å². The minimum absolute atomic E-state index is 0.0437. The van der Waals surface area contributed by atoms with E-state index in [1.165, 1.54) is 0 Å². The number of carbonyl (C=O) groups excluding carboxylic acids is 1. The molecule has 0 saturated carbocycles. The molecule has 25 heavy (non-hydrogen) atoms. The van der Waals surface area contributed by atoms with Crippen molar-refractivity contribution in [1.82, 2.24) is 0 Å². The lowest BCUT2D eigenvalue weighted by molar-refractivity contribution is 0.102. The Bertz CT molecular complexity index is 830. The van der Waals surface area contributed by atoms with Crippen LogP contribution in [0.4, 0.5) is 11.4 Å². The highest BCUT2D eigenvalue weighted by atomic mass is 16.3. The number of para-hydroxylation sites is 2. The number of hydrogen-bond acceptors (Lipinski definition) is 3. The molecular weight excluding hydrogens is 312 g/mol. The van der Waals surface area contributed by atoms with Crippen LogP contribution in [0.25, 0.3) is 0 Å². The molecule has 3 rings (SSSR count). The SMILES string of the molecule is O=C(Nc1ccccc1NCc1ccc(CO)cc1)c1ccccc1. The van der Waals surface area contributed by atoms with Crippen LogP contribution in [0.2, 0.25) is 0 Å². The van der Waals surface area contributed by atoms with Gasteiger partial charge in [0, 0.05) is 12.1 Å². The predicted octanol–water partition coefficient (Wildman–Crippen LogP) is 4.04. The lowest BCUT2D eigenvalue weighted by Crippen LogP contribution is -2.13. The van der Waals surface area contributed by atoms with E-state index in [0.717, 1.165) is 22.5 Å². The summed E-state index contributed by atoms with van der Waals surface area (Å²) in [6.07, 6.45) is 0. The zero-order chi connectivity index (χ0) is 17.5. The number of aliphatic hydroxyl groups is 1. The van der Waals surface area contributed by atoms with Gasteiger partial charge in [-0.15, -0.1) is 0 Å². The highest BCUT2D eigenvalue weighted by molar-refractivity contribution is 6.05. The summed E-state index contributed by atoms with van der Waals surface area (Å²) in [5, 5.41) is 15.4. The third kappa shape index (κ3) is 4.46. The molecule has 4 nitrogen and oxygen atoms in total. The molecule has 0 spiro atoms. The van der Waals surface area contributed by atoms with E-state index in [1.54, 1.807) is 12.1 Å². The number of anilines is 2. The van der Waals surface area contributed by atoms with Gasteiger partial charge in [-0.05, 0) is 35.4 Å². The van der Waals surface area contributed by atoms with E-state index >= 15 is 0 Å². The fraction of sp³-hybridized carbons (Fsp3) is 0.0952. The Labute approximate surface area is 147 Å². The van der Waals surface area contributed by atoms with Gasteiger partial charge in [0.15, 0.2) is 0 Å². The van der Waals surface area contributed by atoms with Crippen LogP contribution in [0.1, 0.15) is 21.5 Å². The second-order valence-electron chi connectivity index (χ2n) is 5.69. The van der Waals surface area contributed by atoms with Gasteiger partial charge >= 0.3 is 0 Å². The highest BCUT2D eigenvalue weighted by Crippen LogP contribution is 2.22. The second kappa shape index (κ2) is 8.13. The average molecular weight is 332 g/mol. The number of amides is 1. The van der Waals surface area contributed by atoms with Gasteiger partial charge in [0.05, 0.1) is 18.0 Å². The summed E-state index contributed by atoms with van der Waals surface area (Å²) in [7, 11) is 0. The minimum Gasteiger partial charge on any atom is -0.392 e. The van der Waals surface area contributed by atoms with Crippen LogP contribution < -0.4 is 10.6 Å². The molecule has 3 aromatic rings. The second-order valence-corrected chi connectivity index (χ2v) is 5.69. The highest BCUT2D eigenvalue weighted by Gasteiger charge is 2.08. The van der Waals surface area contributed by atoms with Gasteiger partial charge in [-0.25, -0.2) is 0 Å². The van der Waals surface area contributed by atoms with Gasteiger partial charge < -0.3 is 15.7 Å². The lowest BCUT2D eigenvalue weighted by atomic mass is 10.1. The Hall–Kier alpha value is -3.11. The standard InChI is InChI=1S/C21H20N2O2/c24-15-17-12-10-16(11-13-17)14-22-19-8-4-5-9-20(19)23-21(25)18-6-2-1-3-7-18/h1-13,22,24H,14-15H2,(H,23,25). The molecule has 0 unspecified atom stereocenters. The fourth-order valence-corrected chi connectivity index (χ4v) is 2.49. The molecule has 126 valence electrons. The summed E-state index contributed by atoms with van der Waals surface area (Å²) in [6.45, 7) is 0.673. The Morgan fingerprint density at radius 1 is 0.760 bits per heavy atom. The van der Waals surface area contributed by atoms with E-state index in [0.29, 0.717) is 12.1 Å². The molecule has 0 saturated heterocycles. The molecule has 3 N–H and O–H groups in total. The van der Waals surface area contributed by atoms with Crippen LogP contribution in [0, 0.1) is 0 Å². The van der Waals surface area contributed by atoms with Gasteiger partial charge in [0.2, 0.25) is 0 Å². The Kier molecular flexibility index (Phi) is 5.44. The molecule has 3 aromatic carbocycles. The molecule has 0 aliphatic heterocycles. The number of carbonyl (C=O) groups is 1. The van der Waals surface area contributed by atoms with Crippen molar-refractivity contribution in [1.29, 1.82) is 0 Å². The number of aliphatic hydroxyl groups excluding tert-OH is 1. The van der Waals surface area contributed by atoms with Gasteiger partial charge in [-0.3, -0.25) is 4.79 Å². The fourth-order valence-electron chi connectivity index (χ4n) is 2.49. The van der Waals surface area contributed by atoms with Gasteiger partial charge in [-0.2, -0.15) is 0 Å². The first kappa shape index (κ1) is 16.7. The van der Waals surface area contributed by atoms with E-state index in [-0.39, 0.29) is 12.5 Å². The first-order valence-corrected chi connectivity index (χ1v) is 8.14. The lowest BCUT2D eigenvalue weighted by Gasteiger charge is -2.13. The summed E-state index contributed by atoms with van der Waals surface area (Å²) in [5.41, 5.74) is 4.21. The predicted molar refractivity (Wildman–Crippen MR) is 101 cm³/mol. The Morgan fingerprint density at radius 2 is 1.36 bits per heavy atom. The summed E-state index contributed by atoms with van der Waals surface area (Å²) in [4.78, 5) is 12.3. The smallest absolute Gasteiger partial charge is 0.255 e. The van der Waals surface area contributed by atoms with Crippen LogP contribution in [0.5, 0.6) is 0 Å². The normalized spacial score (nSPS) is 10.3. The molecule has 0 bridgehead atoms. The van der Waals surface area contributed by atoms with Gasteiger partial charge in [0.25, 0.3) is 5.91 Å². The van der Waals surface area contributed by atoms with E-state index in [2.05, 4.69) is 10.6 Å². The van der Waals surface area contributed by atoms with Crippen molar-refractivity contribution in [3.05, 3.63) is 95.6 Å². The Balaban J connectivity index is 1.69. The quantitative estimate of drug-likeness (QED) is 0.638. The number of nitrogens with one attached hydrogen (secondary N) is 2.